The minimum Gasteiger partial charge on any atom is -0.339 e. The fourth-order valence-corrected chi connectivity index (χ4v) is 2.98. The standard InChI is InChI=1S/C16H20ClNO2/c1-12(19)10-14-7-4-5-9-18(14)16(20)11-13-6-2-3-8-15(13)17/h2-3,6,8,14H,4-5,7,9-11H2,1H3. The van der Waals surface area contributed by atoms with Crippen molar-refractivity contribution in [2.24, 2.45) is 0 Å². The molecule has 1 heterocycles. The topological polar surface area (TPSA) is 37.4 Å². The Hall–Kier alpha value is -1.35. The Balaban J connectivity index is 2.06. The maximum atomic E-state index is 12.5. The molecule has 1 aromatic rings. The van der Waals surface area contributed by atoms with Gasteiger partial charge in [-0.3, -0.25) is 9.59 Å². The van der Waals surface area contributed by atoms with Crippen LogP contribution < -0.4 is 0 Å². The number of benzene rings is 1. The highest BCUT2D eigenvalue weighted by atomic mass is 35.5. The van der Waals surface area contributed by atoms with Crippen LogP contribution in [0.5, 0.6) is 0 Å². The molecular formula is C16H20ClNO2. The molecule has 1 aliphatic rings. The van der Waals surface area contributed by atoms with Crippen molar-refractivity contribution in [2.45, 2.75) is 45.1 Å². The Morgan fingerprint density at radius 3 is 2.75 bits per heavy atom. The lowest BCUT2D eigenvalue weighted by Crippen LogP contribution is -2.45. The van der Waals surface area contributed by atoms with Gasteiger partial charge in [0.1, 0.15) is 5.78 Å². The second kappa shape index (κ2) is 6.89. The van der Waals surface area contributed by atoms with Crippen molar-refractivity contribution in [1.82, 2.24) is 4.90 Å². The number of carbonyl (C=O) groups is 2. The molecule has 0 N–H and O–H groups in total. The fraction of sp³-hybridized carbons (Fsp3) is 0.500. The molecule has 0 spiro atoms. The summed E-state index contributed by atoms with van der Waals surface area (Å²) in [5.74, 6) is 0.219. The zero-order valence-corrected chi connectivity index (χ0v) is 12.5. The Morgan fingerprint density at radius 1 is 1.30 bits per heavy atom. The van der Waals surface area contributed by atoms with Crippen LogP contribution in [0, 0.1) is 0 Å². The fourth-order valence-electron chi connectivity index (χ4n) is 2.78. The van der Waals surface area contributed by atoms with E-state index in [0.29, 0.717) is 17.9 Å². The van der Waals surface area contributed by atoms with E-state index in [9.17, 15) is 9.59 Å². The number of likely N-dealkylation sites (tertiary alicyclic amines) is 1. The Bertz CT molecular complexity index is 501. The molecule has 1 unspecified atom stereocenters. The first-order valence-electron chi connectivity index (χ1n) is 7.10. The predicted molar refractivity (Wildman–Crippen MR) is 79.8 cm³/mol. The van der Waals surface area contributed by atoms with Crippen molar-refractivity contribution in [3.8, 4) is 0 Å². The number of Topliss-reactive ketones (excluding diaryl/α,β-unsaturated/α-hetero) is 1. The molecule has 1 saturated heterocycles. The Morgan fingerprint density at radius 2 is 2.05 bits per heavy atom. The maximum Gasteiger partial charge on any atom is 0.227 e. The van der Waals surface area contributed by atoms with Crippen molar-refractivity contribution < 1.29 is 9.59 Å². The number of hydrogen-bond acceptors (Lipinski definition) is 2. The molecule has 3 nitrogen and oxygen atoms in total. The molecule has 1 aromatic carbocycles. The molecular weight excluding hydrogens is 274 g/mol. The number of ketones is 1. The van der Waals surface area contributed by atoms with Crippen LogP contribution in [0.4, 0.5) is 0 Å². The number of carbonyl (C=O) groups excluding carboxylic acids is 2. The molecule has 2 rings (SSSR count). The van der Waals surface area contributed by atoms with Crippen molar-refractivity contribution in [1.29, 1.82) is 0 Å². The van der Waals surface area contributed by atoms with E-state index in [2.05, 4.69) is 0 Å². The van der Waals surface area contributed by atoms with E-state index in [0.717, 1.165) is 31.4 Å². The van der Waals surface area contributed by atoms with Crippen LogP contribution in [0.25, 0.3) is 0 Å². The molecule has 1 atom stereocenters. The summed E-state index contributed by atoms with van der Waals surface area (Å²) < 4.78 is 0. The summed E-state index contributed by atoms with van der Waals surface area (Å²) in [5, 5.41) is 0.626. The van der Waals surface area contributed by atoms with Crippen LogP contribution in [0.1, 0.15) is 38.2 Å². The third-order valence-corrected chi connectivity index (χ3v) is 4.14. The summed E-state index contributed by atoms with van der Waals surface area (Å²) in [6.07, 6.45) is 3.81. The number of piperidine rings is 1. The number of nitrogens with zero attached hydrogens (tertiary/aromatic N) is 1. The average molecular weight is 294 g/mol. The van der Waals surface area contributed by atoms with Crippen molar-refractivity contribution in [2.75, 3.05) is 6.54 Å². The highest BCUT2D eigenvalue weighted by molar-refractivity contribution is 6.31. The smallest absolute Gasteiger partial charge is 0.227 e. The predicted octanol–water partition coefficient (Wildman–Crippen LogP) is 3.24. The quantitative estimate of drug-likeness (QED) is 0.854. The van der Waals surface area contributed by atoms with Gasteiger partial charge in [0.25, 0.3) is 0 Å². The number of amides is 1. The van der Waals surface area contributed by atoms with E-state index >= 15 is 0 Å². The summed E-state index contributed by atoms with van der Waals surface area (Å²) in [7, 11) is 0. The van der Waals surface area contributed by atoms with Crippen LogP contribution in [-0.2, 0) is 16.0 Å². The molecule has 108 valence electrons. The van der Waals surface area contributed by atoms with Gasteiger partial charge in [-0.05, 0) is 37.8 Å². The van der Waals surface area contributed by atoms with Gasteiger partial charge in [-0.2, -0.15) is 0 Å². The summed E-state index contributed by atoms with van der Waals surface area (Å²) in [6, 6.07) is 7.49. The Kier molecular flexibility index (Phi) is 5.18. The number of halogens is 1. The lowest BCUT2D eigenvalue weighted by atomic mass is 9.97. The number of rotatable bonds is 4. The first-order chi connectivity index (χ1) is 9.58. The van der Waals surface area contributed by atoms with Gasteiger partial charge < -0.3 is 4.90 Å². The lowest BCUT2D eigenvalue weighted by Gasteiger charge is -2.35. The second-order valence-electron chi connectivity index (χ2n) is 5.41. The summed E-state index contributed by atoms with van der Waals surface area (Å²) in [6.45, 7) is 2.34. The monoisotopic (exact) mass is 293 g/mol. The highest BCUT2D eigenvalue weighted by Crippen LogP contribution is 2.22. The summed E-state index contributed by atoms with van der Waals surface area (Å²) >= 11 is 6.10. The molecule has 0 aliphatic carbocycles. The molecule has 4 heteroatoms. The van der Waals surface area contributed by atoms with Gasteiger partial charge in [0, 0.05) is 24.0 Å². The maximum absolute atomic E-state index is 12.5. The van der Waals surface area contributed by atoms with Gasteiger partial charge in [-0.1, -0.05) is 29.8 Å². The van der Waals surface area contributed by atoms with Crippen molar-refractivity contribution in [3.05, 3.63) is 34.9 Å². The SMILES string of the molecule is CC(=O)CC1CCCCN1C(=O)Cc1ccccc1Cl. The average Bonchev–Trinajstić information content (AvgIpc) is 2.41. The zero-order chi connectivity index (χ0) is 14.5. The van der Waals surface area contributed by atoms with E-state index in [1.54, 1.807) is 13.0 Å². The van der Waals surface area contributed by atoms with Gasteiger partial charge in [0.2, 0.25) is 5.91 Å². The molecule has 0 bridgehead atoms. The van der Waals surface area contributed by atoms with E-state index in [4.69, 9.17) is 11.6 Å². The molecule has 1 amide bonds. The number of hydrogen-bond donors (Lipinski definition) is 0. The molecule has 0 aromatic heterocycles. The van der Waals surface area contributed by atoms with E-state index in [1.165, 1.54) is 0 Å². The first-order valence-corrected chi connectivity index (χ1v) is 7.48. The van der Waals surface area contributed by atoms with Gasteiger partial charge in [0.05, 0.1) is 6.42 Å². The van der Waals surface area contributed by atoms with Gasteiger partial charge >= 0.3 is 0 Å². The van der Waals surface area contributed by atoms with Crippen molar-refractivity contribution >= 4 is 23.3 Å². The zero-order valence-electron chi connectivity index (χ0n) is 11.8. The van der Waals surface area contributed by atoms with Gasteiger partial charge in [0.15, 0.2) is 0 Å². The lowest BCUT2D eigenvalue weighted by molar-refractivity contribution is -0.135. The molecule has 1 fully saturated rings. The third-order valence-electron chi connectivity index (χ3n) is 3.77. The third kappa shape index (κ3) is 3.83. The molecule has 0 radical (unpaired) electrons. The van der Waals surface area contributed by atoms with Crippen LogP contribution >= 0.6 is 11.6 Å². The normalized spacial score (nSPS) is 18.9. The van der Waals surface area contributed by atoms with E-state index in [-0.39, 0.29) is 17.7 Å². The van der Waals surface area contributed by atoms with Crippen LogP contribution in [0.3, 0.4) is 0 Å². The summed E-state index contributed by atoms with van der Waals surface area (Å²) in [4.78, 5) is 25.7. The van der Waals surface area contributed by atoms with Crippen LogP contribution in [0.15, 0.2) is 24.3 Å². The first kappa shape index (κ1) is 15.0. The second-order valence-corrected chi connectivity index (χ2v) is 5.82. The van der Waals surface area contributed by atoms with Crippen LogP contribution in [-0.4, -0.2) is 29.2 Å². The molecule has 0 saturated carbocycles. The van der Waals surface area contributed by atoms with Crippen molar-refractivity contribution in [3.63, 3.8) is 0 Å². The largest absolute Gasteiger partial charge is 0.339 e. The van der Waals surface area contributed by atoms with Crippen LogP contribution in [0.2, 0.25) is 5.02 Å². The minimum atomic E-state index is 0.0660. The molecule has 20 heavy (non-hydrogen) atoms. The summed E-state index contributed by atoms with van der Waals surface area (Å²) in [5.41, 5.74) is 0.853. The highest BCUT2D eigenvalue weighted by Gasteiger charge is 2.27. The van der Waals surface area contributed by atoms with Gasteiger partial charge in [-0.15, -0.1) is 0 Å². The molecule has 1 aliphatic heterocycles. The minimum absolute atomic E-state index is 0.0660. The Labute approximate surface area is 124 Å². The van der Waals surface area contributed by atoms with Gasteiger partial charge in [-0.25, -0.2) is 0 Å². The van der Waals surface area contributed by atoms with E-state index in [1.807, 2.05) is 23.1 Å². The van der Waals surface area contributed by atoms with E-state index < -0.39 is 0 Å².